The van der Waals surface area contributed by atoms with E-state index in [0.29, 0.717) is 6.54 Å². The Labute approximate surface area is 123 Å². The van der Waals surface area contributed by atoms with Crippen LogP contribution in [0.15, 0.2) is 18.2 Å². The Hall–Kier alpha value is -1.13. The summed E-state index contributed by atoms with van der Waals surface area (Å²) in [6.45, 7) is 2.43. The van der Waals surface area contributed by atoms with E-state index < -0.39 is 17.3 Å². The van der Waals surface area contributed by atoms with E-state index in [-0.39, 0.29) is 16.5 Å². The van der Waals surface area contributed by atoms with Crippen LogP contribution in [-0.2, 0) is 0 Å². The first-order chi connectivity index (χ1) is 9.50. The normalized spacial score (nSPS) is 26.3. The summed E-state index contributed by atoms with van der Waals surface area (Å²) in [4.78, 5) is 12.4. The molecular weight excluding hydrogens is 279 g/mol. The lowest BCUT2D eigenvalue weighted by molar-refractivity contribution is 0.0809. The molecule has 0 radical (unpaired) electrons. The molecule has 2 unspecified atom stereocenters. The molecule has 2 atom stereocenters. The van der Waals surface area contributed by atoms with Crippen molar-refractivity contribution in [3.05, 3.63) is 34.6 Å². The topological polar surface area (TPSA) is 55.1 Å². The molecule has 2 rings (SSSR count). The summed E-state index contributed by atoms with van der Waals surface area (Å²) in [5.74, 6) is -0.811. The quantitative estimate of drug-likeness (QED) is 0.901. The van der Waals surface area contributed by atoms with Crippen LogP contribution in [0, 0.1) is 11.7 Å². The van der Waals surface area contributed by atoms with Crippen LogP contribution in [0.2, 0.25) is 5.02 Å². The fourth-order valence-electron chi connectivity index (χ4n) is 2.96. The van der Waals surface area contributed by atoms with E-state index in [0.717, 1.165) is 25.7 Å². The average Bonchev–Trinajstić information content (AvgIpc) is 2.41. The fraction of sp³-hybridized carbons (Fsp3) is 0.533. The van der Waals surface area contributed by atoms with Gasteiger partial charge in [0.1, 0.15) is 5.82 Å². The highest BCUT2D eigenvalue weighted by atomic mass is 35.5. The highest BCUT2D eigenvalue weighted by Crippen LogP contribution is 2.33. The van der Waals surface area contributed by atoms with Gasteiger partial charge in [-0.25, -0.2) is 4.39 Å². The Kier molecular flexibility index (Phi) is 4.66. The molecule has 5 heteroatoms. The number of hydrogen-bond donors (Lipinski definition) is 2. The van der Waals surface area contributed by atoms with Gasteiger partial charge in [0.25, 0.3) is 5.91 Å². The average molecular weight is 299 g/mol. The number of carbonyl (C=O) groups is 1. The van der Waals surface area contributed by atoms with E-state index in [2.05, 4.69) is 12.2 Å². The summed E-state index contributed by atoms with van der Waals surface area (Å²) in [5, 5.41) is 3.06. The van der Waals surface area contributed by atoms with Crippen LogP contribution in [0.4, 0.5) is 4.39 Å². The van der Waals surface area contributed by atoms with Crippen LogP contribution >= 0.6 is 11.6 Å². The van der Waals surface area contributed by atoms with Gasteiger partial charge < -0.3 is 11.1 Å². The van der Waals surface area contributed by atoms with Gasteiger partial charge >= 0.3 is 0 Å². The summed E-state index contributed by atoms with van der Waals surface area (Å²) >= 11 is 5.93. The third kappa shape index (κ3) is 2.81. The van der Waals surface area contributed by atoms with E-state index in [1.807, 2.05) is 0 Å². The second kappa shape index (κ2) is 6.10. The highest BCUT2D eigenvalue weighted by Gasteiger charge is 2.39. The number of nitrogens with two attached hydrogens (primary N) is 1. The lowest BCUT2D eigenvalue weighted by Gasteiger charge is -2.42. The Morgan fingerprint density at radius 1 is 1.55 bits per heavy atom. The van der Waals surface area contributed by atoms with E-state index in [9.17, 15) is 9.18 Å². The molecule has 0 bridgehead atoms. The maximum atomic E-state index is 13.8. The second-order valence-electron chi connectivity index (χ2n) is 5.56. The number of carbonyl (C=O) groups excluding carboxylic acids is 1. The van der Waals surface area contributed by atoms with Crippen molar-refractivity contribution >= 4 is 17.5 Å². The van der Waals surface area contributed by atoms with Gasteiger partial charge in [0.15, 0.2) is 0 Å². The second-order valence-corrected chi connectivity index (χ2v) is 5.97. The Bertz CT molecular complexity index is 488. The smallest absolute Gasteiger partial charge is 0.256 e. The number of nitrogens with one attached hydrogen (secondary N) is 1. The molecule has 0 aliphatic heterocycles. The van der Waals surface area contributed by atoms with E-state index in [1.54, 1.807) is 0 Å². The predicted molar refractivity (Wildman–Crippen MR) is 78.3 cm³/mol. The maximum Gasteiger partial charge on any atom is 0.256 e. The van der Waals surface area contributed by atoms with Gasteiger partial charge in [-0.05, 0) is 30.9 Å². The SMILES string of the molecule is CC1CCCCC1(CN)NC(=O)c1c(F)cccc1Cl. The lowest BCUT2D eigenvalue weighted by atomic mass is 9.73. The number of hydrogen-bond acceptors (Lipinski definition) is 2. The van der Waals surface area contributed by atoms with Gasteiger partial charge in [-0.1, -0.05) is 37.4 Å². The third-order valence-corrected chi connectivity index (χ3v) is 4.68. The molecule has 0 aromatic heterocycles. The predicted octanol–water partition coefficient (Wildman–Crippen LogP) is 3.12. The van der Waals surface area contributed by atoms with Crippen molar-refractivity contribution in [2.75, 3.05) is 6.54 Å². The summed E-state index contributed by atoms with van der Waals surface area (Å²) in [7, 11) is 0. The van der Waals surface area contributed by atoms with Crippen molar-refractivity contribution in [3.63, 3.8) is 0 Å². The van der Waals surface area contributed by atoms with Crippen molar-refractivity contribution in [2.24, 2.45) is 11.7 Å². The highest BCUT2D eigenvalue weighted by molar-refractivity contribution is 6.33. The molecule has 1 aromatic rings. The van der Waals surface area contributed by atoms with Crippen LogP contribution < -0.4 is 11.1 Å². The molecule has 3 nitrogen and oxygen atoms in total. The number of halogens is 2. The minimum atomic E-state index is -0.606. The van der Waals surface area contributed by atoms with Gasteiger partial charge in [-0.15, -0.1) is 0 Å². The maximum absolute atomic E-state index is 13.8. The first-order valence-corrected chi connectivity index (χ1v) is 7.34. The third-order valence-electron chi connectivity index (χ3n) is 4.37. The number of rotatable bonds is 3. The molecule has 3 N–H and O–H groups in total. The monoisotopic (exact) mass is 298 g/mol. The van der Waals surface area contributed by atoms with Crippen molar-refractivity contribution in [1.29, 1.82) is 0 Å². The minimum Gasteiger partial charge on any atom is -0.345 e. The van der Waals surface area contributed by atoms with Gasteiger partial charge in [-0.3, -0.25) is 4.79 Å². The molecule has 1 aliphatic rings. The molecule has 20 heavy (non-hydrogen) atoms. The van der Waals surface area contributed by atoms with Crippen molar-refractivity contribution in [3.8, 4) is 0 Å². The zero-order valence-corrected chi connectivity index (χ0v) is 12.3. The van der Waals surface area contributed by atoms with Gasteiger partial charge in [0.2, 0.25) is 0 Å². The van der Waals surface area contributed by atoms with Crippen LogP contribution in [-0.4, -0.2) is 18.0 Å². The van der Waals surface area contributed by atoms with Gasteiger partial charge in [0.05, 0.1) is 16.1 Å². The molecule has 1 saturated carbocycles. The first-order valence-electron chi connectivity index (χ1n) is 6.97. The van der Waals surface area contributed by atoms with Crippen molar-refractivity contribution in [2.45, 2.75) is 38.1 Å². The zero-order chi connectivity index (χ0) is 14.8. The minimum absolute atomic E-state index is 0.0974. The Morgan fingerprint density at radius 3 is 2.90 bits per heavy atom. The molecule has 1 amide bonds. The molecule has 0 heterocycles. The molecule has 1 aromatic carbocycles. The van der Waals surface area contributed by atoms with Crippen LogP contribution in [0.25, 0.3) is 0 Å². The molecule has 0 saturated heterocycles. The summed E-state index contributed by atoms with van der Waals surface area (Å²) in [5.41, 5.74) is 5.33. The van der Waals surface area contributed by atoms with Crippen molar-refractivity contribution in [1.82, 2.24) is 5.32 Å². The van der Waals surface area contributed by atoms with Gasteiger partial charge in [-0.2, -0.15) is 0 Å². The molecular formula is C15H20ClFN2O. The summed E-state index contributed by atoms with van der Waals surface area (Å²) in [6, 6.07) is 4.23. The lowest BCUT2D eigenvalue weighted by Crippen LogP contribution is -2.59. The van der Waals surface area contributed by atoms with Crippen LogP contribution in [0.3, 0.4) is 0 Å². The summed E-state index contributed by atoms with van der Waals surface area (Å²) in [6.07, 6.45) is 4.00. The zero-order valence-electron chi connectivity index (χ0n) is 11.6. The van der Waals surface area contributed by atoms with Crippen molar-refractivity contribution < 1.29 is 9.18 Å². The first kappa shape index (κ1) is 15.3. The van der Waals surface area contributed by atoms with E-state index in [4.69, 9.17) is 17.3 Å². The van der Waals surface area contributed by atoms with Crippen LogP contribution in [0.1, 0.15) is 43.0 Å². The molecule has 0 spiro atoms. The number of amides is 1. The van der Waals surface area contributed by atoms with Crippen LogP contribution in [0.5, 0.6) is 0 Å². The summed E-state index contributed by atoms with van der Waals surface area (Å²) < 4.78 is 13.8. The Morgan fingerprint density at radius 2 is 2.30 bits per heavy atom. The van der Waals surface area contributed by atoms with E-state index >= 15 is 0 Å². The standard InChI is InChI=1S/C15H20ClFN2O/c1-10-5-2-3-8-15(10,9-18)19-14(20)13-11(16)6-4-7-12(13)17/h4,6-7,10H,2-3,5,8-9,18H2,1H3,(H,19,20). The van der Waals surface area contributed by atoms with E-state index in [1.165, 1.54) is 18.2 Å². The fourth-order valence-corrected chi connectivity index (χ4v) is 3.21. The largest absolute Gasteiger partial charge is 0.345 e. The number of benzene rings is 1. The Balaban J connectivity index is 2.25. The molecule has 1 aliphatic carbocycles. The molecule has 1 fully saturated rings. The van der Waals surface area contributed by atoms with Gasteiger partial charge in [0, 0.05) is 6.54 Å². The molecule has 110 valence electrons.